The van der Waals surface area contributed by atoms with E-state index in [4.69, 9.17) is 11.6 Å². The minimum atomic E-state index is 0.431. The molecule has 0 spiro atoms. The van der Waals surface area contributed by atoms with E-state index >= 15 is 0 Å². The standard InChI is InChI=1S/C11H23ClS/c1-4-6-7-11(5-2,10-12)8-9-13-3/h4-10H2,1-3H3. The molecular weight excluding hydrogens is 200 g/mol. The van der Waals surface area contributed by atoms with Crippen molar-refractivity contribution in [2.45, 2.75) is 46.0 Å². The van der Waals surface area contributed by atoms with Crippen LogP contribution in [0.2, 0.25) is 0 Å². The molecule has 0 aliphatic carbocycles. The number of hydrogen-bond acceptors (Lipinski definition) is 1. The average molecular weight is 223 g/mol. The summed E-state index contributed by atoms with van der Waals surface area (Å²) >= 11 is 8.02. The van der Waals surface area contributed by atoms with Crippen molar-refractivity contribution in [3.05, 3.63) is 0 Å². The Morgan fingerprint density at radius 3 is 2.31 bits per heavy atom. The Labute approximate surface area is 92.8 Å². The lowest BCUT2D eigenvalue weighted by Crippen LogP contribution is -2.23. The van der Waals surface area contributed by atoms with Gasteiger partial charge in [0.15, 0.2) is 0 Å². The second kappa shape index (κ2) is 7.99. The second-order valence-electron chi connectivity index (χ2n) is 3.83. The smallest absolute Gasteiger partial charge is 0.0280 e. The van der Waals surface area contributed by atoms with Crippen molar-refractivity contribution in [2.24, 2.45) is 5.41 Å². The first-order chi connectivity index (χ1) is 6.24. The molecule has 0 nitrogen and oxygen atoms in total. The fraction of sp³-hybridized carbons (Fsp3) is 1.00. The molecule has 2 heteroatoms. The molecule has 1 atom stereocenters. The van der Waals surface area contributed by atoms with Crippen molar-refractivity contribution >= 4 is 23.4 Å². The molecule has 0 bridgehead atoms. The topological polar surface area (TPSA) is 0 Å². The minimum absolute atomic E-state index is 0.431. The molecule has 13 heavy (non-hydrogen) atoms. The molecule has 0 aliphatic rings. The summed E-state index contributed by atoms with van der Waals surface area (Å²) in [7, 11) is 0. The predicted molar refractivity (Wildman–Crippen MR) is 66.0 cm³/mol. The maximum Gasteiger partial charge on any atom is 0.0280 e. The van der Waals surface area contributed by atoms with Crippen LogP contribution in [-0.4, -0.2) is 17.9 Å². The lowest BCUT2D eigenvalue weighted by atomic mass is 9.80. The Kier molecular flexibility index (Phi) is 8.38. The Balaban J connectivity index is 3.97. The molecule has 0 aromatic carbocycles. The molecule has 0 saturated carbocycles. The van der Waals surface area contributed by atoms with Crippen molar-refractivity contribution < 1.29 is 0 Å². The van der Waals surface area contributed by atoms with Crippen LogP contribution in [0.1, 0.15) is 46.0 Å². The monoisotopic (exact) mass is 222 g/mol. The van der Waals surface area contributed by atoms with E-state index in [0.29, 0.717) is 5.41 Å². The van der Waals surface area contributed by atoms with Gasteiger partial charge < -0.3 is 0 Å². The first kappa shape index (κ1) is 13.6. The summed E-state index contributed by atoms with van der Waals surface area (Å²) in [6.07, 6.45) is 8.62. The Morgan fingerprint density at radius 1 is 1.23 bits per heavy atom. The van der Waals surface area contributed by atoms with Gasteiger partial charge in [-0.1, -0.05) is 26.7 Å². The van der Waals surface area contributed by atoms with Crippen LogP contribution in [0, 0.1) is 5.41 Å². The van der Waals surface area contributed by atoms with E-state index in [1.54, 1.807) is 0 Å². The highest BCUT2D eigenvalue weighted by Gasteiger charge is 2.25. The van der Waals surface area contributed by atoms with Crippen molar-refractivity contribution in [1.29, 1.82) is 0 Å². The third kappa shape index (κ3) is 5.17. The maximum atomic E-state index is 6.09. The van der Waals surface area contributed by atoms with Gasteiger partial charge in [-0.2, -0.15) is 11.8 Å². The van der Waals surface area contributed by atoms with E-state index in [2.05, 4.69) is 20.1 Å². The zero-order valence-electron chi connectivity index (χ0n) is 9.24. The zero-order valence-corrected chi connectivity index (χ0v) is 10.8. The van der Waals surface area contributed by atoms with Crippen LogP contribution in [0.4, 0.5) is 0 Å². The number of halogens is 1. The molecule has 0 radical (unpaired) electrons. The normalized spacial score (nSPS) is 15.7. The van der Waals surface area contributed by atoms with Gasteiger partial charge in [-0.25, -0.2) is 0 Å². The third-order valence-electron chi connectivity index (χ3n) is 2.93. The Bertz CT molecular complexity index is 101. The lowest BCUT2D eigenvalue weighted by molar-refractivity contribution is 0.273. The van der Waals surface area contributed by atoms with Crippen molar-refractivity contribution in [1.82, 2.24) is 0 Å². The van der Waals surface area contributed by atoms with Gasteiger partial charge in [0, 0.05) is 5.88 Å². The molecule has 0 rings (SSSR count). The van der Waals surface area contributed by atoms with E-state index in [1.165, 1.54) is 37.9 Å². The molecule has 80 valence electrons. The highest BCUT2D eigenvalue weighted by molar-refractivity contribution is 7.98. The number of alkyl halides is 1. The van der Waals surface area contributed by atoms with Crippen LogP contribution in [0.25, 0.3) is 0 Å². The van der Waals surface area contributed by atoms with Crippen molar-refractivity contribution in [2.75, 3.05) is 17.9 Å². The SMILES string of the molecule is CCCCC(CC)(CCl)CCSC. The fourth-order valence-electron chi connectivity index (χ4n) is 1.58. The Hall–Kier alpha value is 0.640. The summed E-state index contributed by atoms with van der Waals surface area (Å²) in [5.74, 6) is 2.09. The summed E-state index contributed by atoms with van der Waals surface area (Å²) in [4.78, 5) is 0. The van der Waals surface area contributed by atoms with E-state index in [-0.39, 0.29) is 0 Å². The molecule has 0 aromatic heterocycles. The van der Waals surface area contributed by atoms with Gasteiger partial charge in [0.25, 0.3) is 0 Å². The van der Waals surface area contributed by atoms with Gasteiger partial charge in [-0.05, 0) is 36.7 Å². The molecule has 0 fully saturated rings. The van der Waals surface area contributed by atoms with Crippen LogP contribution in [0.15, 0.2) is 0 Å². The number of hydrogen-bond donors (Lipinski definition) is 0. The number of rotatable bonds is 8. The maximum absolute atomic E-state index is 6.09. The largest absolute Gasteiger partial charge is 0.165 e. The van der Waals surface area contributed by atoms with E-state index < -0.39 is 0 Å². The molecular formula is C11H23ClS. The van der Waals surface area contributed by atoms with Crippen molar-refractivity contribution in [3.8, 4) is 0 Å². The van der Waals surface area contributed by atoms with Crippen LogP contribution >= 0.6 is 23.4 Å². The first-order valence-corrected chi connectivity index (χ1v) is 7.22. The van der Waals surface area contributed by atoms with Gasteiger partial charge in [-0.15, -0.1) is 11.6 Å². The highest BCUT2D eigenvalue weighted by Crippen LogP contribution is 2.35. The van der Waals surface area contributed by atoms with Gasteiger partial charge in [0.2, 0.25) is 0 Å². The van der Waals surface area contributed by atoms with Gasteiger partial charge in [0.05, 0.1) is 0 Å². The zero-order chi connectivity index (χ0) is 10.2. The molecule has 0 N–H and O–H groups in total. The van der Waals surface area contributed by atoms with Gasteiger partial charge >= 0.3 is 0 Å². The van der Waals surface area contributed by atoms with E-state index in [0.717, 1.165) is 5.88 Å². The molecule has 0 amide bonds. The molecule has 0 saturated heterocycles. The number of unbranched alkanes of at least 4 members (excludes halogenated alkanes) is 1. The lowest BCUT2D eigenvalue weighted by Gasteiger charge is -2.30. The van der Waals surface area contributed by atoms with Crippen LogP contribution in [-0.2, 0) is 0 Å². The van der Waals surface area contributed by atoms with Crippen LogP contribution < -0.4 is 0 Å². The Morgan fingerprint density at radius 2 is 1.92 bits per heavy atom. The minimum Gasteiger partial charge on any atom is -0.165 e. The summed E-state index contributed by atoms with van der Waals surface area (Å²) in [5.41, 5.74) is 0.431. The molecule has 0 heterocycles. The van der Waals surface area contributed by atoms with E-state index in [9.17, 15) is 0 Å². The third-order valence-corrected chi connectivity index (χ3v) is 4.11. The van der Waals surface area contributed by atoms with Crippen molar-refractivity contribution in [3.63, 3.8) is 0 Å². The van der Waals surface area contributed by atoms with Gasteiger partial charge in [-0.3, -0.25) is 0 Å². The van der Waals surface area contributed by atoms with E-state index in [1.807, 2.05) is 11.8 Å². The molecule has 0 aromatic rings. The summed E-state index contributed by atoms with van der Waals surface area (Å²) in [6.45, 7) is 4.53. The number of thioether (sulfide) groups is 1. The predicted octanol–water partition coefficient (Wildman–Crippen LogP) is 4.56. The second-order valence-corrected chi connectivity index (χ2v) is 5.09. The summed E-state index contributed by atoms with van der Waals surface area (Å²) in [5, 5.41) is 0. The van der Waals surface area contributed by atoms with Crippen LogP contribution in [0.3, 0.4) is 0 Å². The first-order valence-electron chi connectivity index (χ1n) is 5.29. The average Bonchev–Trinajstić information content (AvgIpc) is 2.20. The molecule has 1 unspecified atom stereocenters. The molecule has 0 aliphatic heterocycles. The highest BCUT2D eigenvalue weighted by atomic mass is 35.5. The summed E-state index contributed by atoms with van der Waals surface area (Å²) < 4.78 is 0. The van der Waals surface area contributed by atoms with Gasteiger partial charge in [0.1, 0.15) is 0 Å². The van der Waals surface area contributed by atoms with Crippen LogP contribution in [0.5, 0.6) is 0 Å². The quantitative estimate of drug-likeness (QED) is 0.543. The summed E-state index contributed by atoms with van der Waals surface area (Å²) in [6, 6.07) is 0. The fourth-order valence-corrected chi connectivity index (χ4v) is 2.67.